The topological polar surface area (TPSA) is 137 Å². The highest BCUT2D eigenvalue weighted by atomic mass is 32.2. The van der Waals surface area contributed by atoms with E-state index in [1.54, 1.807) is 0 Å². The summed E-state index contributed by atoms with van der Waals surface area (Å²) < 4.78 is 16.8. The van der Waals surface area contributed by atoms with Gasteiger partial charge in [0.05, 0.1) is 29.5 Å². The lowest BCUT2D eigenvalue weighted by Crippen LogP contribution is -2.72. The average molecular weight is 601 g/mol. The Morgan fingerprint density at radius 2 is 2.00 bits per heavy atom. The molecule has 2 N–H and O–H groups in total. The van der Waals surface area contributed by atoms with Crippen LogP contribution in [-0.4, -0.2) is 72.1 Å². The second-order valence-electron chi connectivity index (χ2n) is 12.7. The van der Waals surface area contributed by atoms with Crippen molar-refractivity contribution in [1.29, 1.82) is 0 Å². The second kappa shape index (κ2) is 11.4. The van der Waals surface area contributed by atoms with Crippen molar-refractivity contribution in [2.75, 3.05) is 19.0 Å². The summed E-state index contributed by atoms with van der Waals surface area (Å²) in [5.74, 6) is -1.07. The number of fused-ring (bicyclic) bond motifs is 4. The van der Waals surface area contributed by atoms with Gasteiger partial charge in [-0.3, -0.25) is 14.4 Å². The number of nitrogens with one attached hydrogen (secondary N) is 2. The molecule has 2 saturated carbocycles. The van der Waals surface area contributed by atoms with Crippen molar-refractivity contribution in [3.63, 3.8) is 0 Å². The van der Waals surface area contributed by atoms with Crippen LogP contribution in [0.15, 0.2) is 23.8 Å². The normalized spacial score (nSPS) is 37.7. The number of hydrogen-bond acceptors (Lipinski definition) is 9. The summed E-state index contributed by atoms with van der Waals surface area (Å²) >= 11 is 1.83. The minimum absolute atomic E-state index is 0.0618. The Balaban J connectivity index is 1.04. The molecule has 0 aromatic carbocycles. The fourth-order valence-electron chi connectivity index (χ4n) is 8.65. The molecule has 3 aliphatic heterocycles. The number of carbonyl (C=O) groups excluding carboxylic acids is 5. The molecule has 8 atom stereocenters. The highest BCUT2D eigenvalue weighted by molar-refractivity contribution is 8.00. The maximum Gasteiger partial charge on any atom is 0.344 e. The first-order valence-electron chi connectivity index (χ1n) is 15.4. The predicted molar refractivity (Wildman–Crippen MR) is 153 cm³/mol. The van der Waals surface area contributed by atoms with E-state index in [2.05, 4.69) is 24.1 Å². The quantitative estimate of drug-likeness (QED) is 0.120. The number of cyclic esters (lactones) is 1. The highest BCUT2D eigenvalue weighted by Gasteiger charge is 2.76. The Morgan fingerprint density at radius 3 is 2.81 bits per heavy atom. The van der Waals surface area contributed by atoms with Gasteiger partial charge in [0, 0.05) is 28.9 Å². The van der Waals surface area contributed by atoms with Crippen LogP contribution < -0.4 is 10.6 Å². The number of hydrogen-bond donors (Lipinski definition) is 2. The van der Waals surface area contributed by atoms with E-state index < -0.39 is 35.5 Å². The molecule has 228 valence electrons. The van der Waals surface area contributed by atoms with Crippen LogP contribution in [0, 0.1) is 22.7 Å². The standard InChI is InChI=1S/C31H40N2O8S/c1-3-4-10-30-19(9-11-39-28(30)37)13-22(31-14-18(26(30)31)12-17(2)27(31)36)41-24(35)15-40-23(34)8-6-5-7-21-25-20(16-42-21)32-29(38)33-25/h12,19-22,25-26H,2-11,13-16H2,1H3,(H2,32,33,38)/t19-,20?,21-,22-,25?,26?,30+,31+/m1/s1. The van der Waals surface area contributed by atoms with Gasteiger partial charge in [-0.1, -0.05) is 44.4 Å². The van der Waals surface area contributed by atoms with Crippen LogP contribution in [0.1, 0.15) is 71.1 Å². The lowest BCUT2D eigenvalue weighted by atomic mass is 9.35. The molecule has 5 fully saturated rings. The molecular formula is C31H40N2O8S. The van der Waals surface area contributed by atoms with Crippen molar-refractivity contribution in [2.24, 2.45) is 22.7 Å². The van der Waals surface area contributed by atoms with Gasteiger partial charge in [0.2, 0.25) is 0 Å². The molecule has 10 nitrogen and oxygen atoms in total. The van der Waals surface area contributed by atoms with Crippen LogP contribution in [0.2, 0.25) is 0 Å². The van der Waals surface area contributed by atoms with Crippen LogP contribution >= 0.6 is 11.8 Å². The van der Waals surface area contributed by atoms with Gasteiger partial charge in [-0.15, -0.1) is 0 Å². The molecular weight excluding hydrogens is 560 g/mol. The fourth-order valence-corrected chi connectivity index (χ4v) is 10.2. The van der Waals surface area contributed by atoms with Gasteiger partial charge >= 0.3 is 23.9 Å². The van der Waals surface area contributed by atoms with Gasteiger partial charge in [-0.25, -0.2) is 9.59 Å². The number of urea groups is 1. The lowest BCUT2D eigenvalue weighted by Gasteiger charge is -2.67. The van der Waals surface area contributed by atoms with Crippen LogP contribution in [0.5, 0.6) is 0 Å². The number of carbonyl (C=O) groups is 5. The van der Waals surface area contributed by atoms with E-state index >= 15 is 0 Å². The Morgan fingerprint density at radius 1 is 1.17 bits per heavy atom. The molecule has 2 bridgehead atoms. The lowest BCUT2D eigenvalue weighted by molar-refractivity contribution is -0.224. The number of amides is 2. The summed E-state index contributed by atoms with van der Waals surface area (Å²) in [6.45, 7) is 5.84. The van der Waals surface area contributed by atoms with Crippen molar-refractivity contribution in [3.8, 4) is 0 Å². The minimum atomic E-state index is -1.02. The Hall–Kier alpha value is -2.82. The van der Waals surface area contributed by atoms with Gasteiger partial charge in [0.25, 0.3) is 0 Å². The van der Waals surface area contributed by atoms with Crippen molar-refractivity contribution in [2.45, 2.75) is 94.6 Å². The average Bonchev–Trinajstić information content (AvgIpc) is 3.50. The maximum atomic E-state index is 13.7. The number of ether oxygens (including phenoxy) is 3. The Kier molecular flexibility index (Phi) is 7.91. The second-order valence-corrected chi connectivity index (χ2v) is 14.0. The SMILES string of the molecule is C=C1C=C2C[C@@]3(C1=O)C2[C@@]1(CCCC)C(=O)OCC[C@@H]1C[C@H]3OC(=O)COC(=O)CCCC[C@H]1SCC2NC(=O)NC21. The summed E-state index contributed by atoms with van der Waals surface area (Å²) in [6.07, 6.45) is 7.54. The molecule has 4 aliphatic carbocycles. The molecule has 11 heteroatoms. The van der Waals surface area contributed by atoms with Crippen LogP contribution in [0.25, 0.3) is 0 Å². The molecule has 7 aliphatic rings. The van der Waals surface area contributed by atoms with Gasteiger partial charge in [0.15, 0.2) is 12.4 Å². The third kappa shape index (κ3) is 4.66. The van der Waals surface area contributed by atoms with E-state index in [1.165, 1.54) is 0 Å². The number of Topliss-reactive ketones (excluding diaryl/α,β-unsaturated/α-hetero) is 1. The number of esters is 3. The van der Waals surface area contributed by atoms with E-state index in [0.717, 1.165) is 37.0 Å². The smallest absolute Gasteiger partial charge is 0.344 e. The molecule has 7 rings (SSSR count). The highest BCUT2D eigenvalue weighted by Crippen LogP contribution is 2.72. The Labute approximate surface area is 250 Å². The van der Waals surface area contributed by atoms with E-state index in [9.17, 15) is 24.0 Å². The molecule has 0 aromatic heterocycles. The van der Waals surface area contributed by atoms with Crippen molar-refractivity contribution >= 4 is 41.5 Å². The molecule has 0 radical (unpaired) electrons. The molecule has 3 unspecified atom stereocenters. The van der Waals surface area contributed by atoms with Crippen LogP contribution in [-0.2, 0) is 33.4 Å². The van der Waals surface area contributed by atoms with Crippen LogP contribution in [0.3, 0.4) is 0 Å². The molecule has 2 amide bonds. The Bertz CT molecular complexity index is 1230. The molecule has 3 saturated heterocycles. The fraction of sp³-hybridized carbons (Fsp3) is 0.710. The first-order valence-corrected chi connectivity index (χ1v) is 16.4. The van der Waals surface area contributed by atoms with Gasteiger partial charge in [-0.2, -0.15) is 11.8 Å². The van der Waals surface area contributed by atoms with Crippen molar-refractivity contribution < 1.29 is 38.2 Å². The zero-order chi connectivity index (χ0) is 29.6. The summed E-state index contributed by atoms with van der Waals surface area (Å²) in [6, 6.07) is 0.194. The number of thioether (sulfide) groups is 1. The number of allylic oxidation sites excluding steroid dienone is 3. The van der Waals surface area contributed by atoms with E-state index in [1.807, 2.05) is 17.8 Å². The summed E-state index contributed by atoms with van der Waals surface area (Å²) in [5, 5.41) is 6.22. The maximum absolute atomic E-state index is 13.7. The van der Waals surface area contributed by atoms with Gasteiger partial charge < -0.3 is 24.8 Å². The summed E-state index contributed by atoms with van der Waals surface area (Å²) in [4.78, 5) is 64.1. The van der Waals surface area contributed by atoms with Crippen molar-refractivity contribution in [1.82, 2.24) is 10.6 Å². The predicted octanol–water partition coefficient (Wildman–Crippen LogP) is 3.38. The molecule has 1 spiro atoms. The third-order valence-corrected chi connectivity index (χ3v) is 12.0. The third-order valence-electron chi connectivity index (χ3n) is 10.5. The molecule has 42 heavy (non-hydrogen) atoms. The van der Waals surface area contributed by atoms with E-state index in [4.69, 9.17) is 14.2 Å². The summed E-state index contributed by atoms with van der Waals surface area (Å²) in [5.41, 5.74) is -0.411. The first kappa shape index (κ1) is 29.3. The first-order chi connectivity index (χ1) is 20.2. The van der Waals surface area contributed by atoms with E-state index in [-0.39, 0.29) is 48.1 Å². The van der Waals surface area contributed by atoms with Gasteiger partial charge in [-0.05, 0) is 44.4 Å². The number of ketones is 1. The monoisotopic (exact) mass is 600 g/mol. The molecule has 3 heterocycles. The van der Waals surface area contributed by atoms with E-state index in [0.29, 0.717) is 49.5 Å². The molecule has 0 aromatic rings. The zero-order valence-electron chi connectivity index (χ0n) is 24.1. The van der Waals surface area contributed by atoms with Crippen LogP contribution in [0.4, 0.5) is 4.79 Å². The summed E-state index contributed by atoms with van der Waals surface area (Å²) in [7, 11) is 0. The largest absolute Gasteiger partial charge is 0.465 e. The number of unbranched alkanes of at least 4 members (excludes halogenated alkanes) is 2. The zero-order valence-corrected chi connectivity index (χ0v) is 24.9. The minimum Gasteiger partial charge on any atom is -0.465 e. The van der Waals surface area contributed by atoms with Gasteiger partial charge in [0.1, 0.15) is 6.10 Å². The number of rotatable bonds is 11. The van der Waals surface area contributed by atoms with Crippen molar-refractivity contribution in [3.05, 3.63) is 23.8 Å².